The average Bonchev–Trinajstić information content (AvgIpc) is 3.15. The molecule has 0 aliphatic carbocycles. The first-order chi connectivity index (χ1) is 13.6. The van der Waals surface area contributed by atoms with Crippen LogP contribution in [0.3, 0.4) is 0 Å². The quantitative estimate of drug-likeness (QED) is 0.465. The van der Waals surface area contributed by atoms with E-state index in [1.165, 1.54) is 12.1 Å². The fourth-order valence-electron chi connectivity index (χ4n) is 2.60. The molecule has 0 unspecified atom stereocenters. The minimum Gasteiger partial charge on any atom is -0.497 e. The lowest BCUT2D eigenvalue weighted by molar-refractivity contribution is -0.384. The van der Waals surface area contributed by atoms with Crippen molar-refractivity contribution in [1.29, 1.82) is 0 Å². The van der Waals surface area contributed by atoms with Crippen LogP contribution in [0.5, 0.6) is 11.5 Å². The lowest BCUT2D eigenvalue weighted by atomic mass is 10.1. The van der Waals surface area contributed by atoms with E-state index >= 15 is 0 Å². The van der Waals surface area contributed by atoms with E-state index in [0.29, 0.717) is 22.5 Å². The van der Waals surface area contributed by atoms with Crippen LogP contribution >= 0.6 is 11.8 Å². The van der Waals surface area contributed by atoms with Gasteiger partial charge in [0.2, 0.25) is 5.16 Å². The average molecular weight is 397 g/mol. The van der Waals surface area contributed by atoms with Gasteiger partial charge in [0.05, 0.1) is 17.7 Å². The predicted octanol–water partition coefficient (Wildman–Crippen LogP) is 3.13. The third-order valence-electron chi connectivity index (χ3n) is 4.07. The van der Waals surface area contributed by atoms with E-state index in [-0.39, 0.29) is 12.3 Å². The molecule has 0 radical (unpaired) electrons. The van der Waals surface area contributed by atoms with Crippen LogP contribution in [-0.2, 0) is 6.61 Å². The minimum atomic E-state index is -0.453. The zero-order chi connectivity index (χ0) is 19.5. The van der Waals surface area contributed by atoms with Crippen molar-refractivity contribution in [3.8, 4) is 11.5 Å². The topological polar surface area (TPSA) is 105 Å². The molecule has 0 bridgehead atoms. The number of thioether (sulfide) groups is 1. The molecule has 1 aliphatic heterocycles. The summed E-state index contributed by atoms with van der Waals surface area (Å²) in [7, 11) is 1.63. The fraction of sp³-hybridized carbons (Fsp3) is 0.167. The number of benzene rings is 2. The van der Waals surface area contributed by atoms with E-state index in [1.54, 1.807) is 35.7 Å². The molecule has 9 nitrogen and oxygen atoms in total. The highest BCUT2D eigenvalue weighted by Gasteiger charge is 2.20. The molecule has 4 rings (SSSR count). The molecule has 3 aromatic rings. The molecule has 0 amide bonds. The summed E-state index contributed by atoms with van der Waals surface area (Å²) in [6.07, 6.45) is 0. The molecule has 0 spiro atoms. The third-order valence-corrected chi connectivity index (χ3v) is 5.00. The number of methoxy groups -OCH3 is 1. The van der Waals surface area contributed by atoms with Gasteiger partial charge in [-0.3, -0.25) is 10.1 Å². The first-order valence-corrected chi connectivity index (χ1v) is 9.29. The van der Waals surface area contributed by atoms with Crippen molar-refractivity contribution >= 4 is 23.2 Å². The number of nitrogens with zero attached hydrogens (tertiary/aromatic N) is 5. The van der Waals surface area contributed by atoms with Crippen LogP contribution in [0.4, 0.5) is 5.69 Å². The monoisotopic (exact) mass is 397 g/mol. The Kier molecular flexibility index (Phi) is 4.94. The van der Waals surface area contributed by atoms with Crippen molar-refractivity contribution in [2.24, 2.45) is 5.10 Å². The van der Waals surface area contributed by atoms with Crippen molar-refractivity contribution in [3.05, 3.63) is 70.0 Å². The van der Waals surface area contributed by atoms with E-state index in [9.17, 15) is 10.1 Å². The Hall–Kier alpha value is -3.40. The molecule has 0 saturated heterocycles. The second-order valence-corrected chi connectivity index (χ2v) is 6.76. The molecule has 1 aliphatic rings. The van der Waals surface area contributed by atoms with Crippen LogP contribution in [-0.4, -0.2) is 38.4 Å². The van der Waals surface area contributed by atoms with Crippen molar-refractivity contribution in [2.75, 3.05) is 12.9 Å². The van der Waals surface area contributed by atoms with E-state index in [2.05, 4.69) is 15.3 Å². The number of fused-ring (bicyclic) bond motifs is 1. The molecule has 2 aromatic carbocycles. The maximum atomic E-state index is 10.7. The molecule has 2 heterocycles. The van der Waals surface area contributed by atoms with Crippen LogP contribution in [0, 0.1) is 10.1 Å². The summed E-state index contributed by atoms with van der Waals surface area (Å²) < 4.78 is 12.5. The second kappa shape index (κ2) is 7.69. The largest absolute Gasteiger partial charge is 0.497 e. The molecule has 10 heteroatoms. The number of ether oxygens (including phenoxy) is 2. The number of nitro groups is 1. The highest BCUT2D eigenvalue weighted by atomic mass is 32.2. The number of aromatic nitrogens is 3. The number of hydrogen-bond acceptors (Lipinski definition) is 8. The molecule has 0 saturated carbocycles. The Balaban J connectivity index is 1.51. The van der Waals surface area contributed by atoms with Crippen molar-refractivity contribution in [3.63, 3.8) is 0 Å². The van der Waals surface area contributed by atoms with Crippen molar-refractivity contribution in [2.45, 2.75) is 11.8 Å². The van der Waals surface area contributed by atoms with Crippen LogP contribution < -0.4 is 9.47 Å². The zero-order valence-electron chi connectivity index (χ0n) is 14.8. The van der Waals surface area contributed by atoms with Gasteiger partial charge in [-0.05, 0) is 42.0 Å². The van der Waals surface area contributed by atoms with Gasteiger partial charge >= 0.3 is 0 Å². The van der Waals surface area contributed by atoms with E-state index in [1.807, 2.05) is 24.3 Å². The maximum absolute atomic E-state index is 10.7. The van der Waals surface area contributed by atoms with E-state index < -0.39 is 4.92 Å². The summed E-state index contributed by atoms with van der Waals surface area (Å²) in [6, 6.07) is 13.6. The van der Waals surface area contributed by atoms with Gasteiger partial charge in [-0.15, -0.1) is 10.2 Å². The number of nitro benzene ring substituents is 1. The van der Waals surface area contributed by atoms with Crippen LogP contribution in [0.15, 0.2) is 58.8 Å². The molecular formula is C18H15N5O4S. The molecule has 142 valence electrons. The van der Waals surface area contributed by atoms with Crippen LogP contribution in [0.1, 0.15) is 11.4 Å². The Morgan fingerprint density at radius 2 is 1.82 bits per heavy atom. The molecule has 1 aromatic heterocycles. The SMILES string of the molecule is COc1ccc(C2=Nn3c(COc4ccc([N+](=O)[O-])cc4)nnc3SC2)cc1. The van der Waals surface area contributed by atoms with Gasteiger partial charge in [-0.2, -0.15) is 9.78 Å². The van der Waals surface area contributed by atoms with Gasteiger partial charge in [0.25, 0.3) is 5.69 Å². The van der Waals surface area contributed by atoms with Gasteiger partial charge in [0, 0.05) is 17.9 Å². The number of rotatable bonds is 6. The first-order valence-electron chi connectivity index (χ1n) is 8.30. The van der Waals surface area contributed by atoms with Gasteiger partial charge < -0.3 is 9.47 Å². The molecule has 0 atom stereocenters. The highest BCUT2D eigenvalue weighted by Crippen LogP contribution is 2.25. The molecule has 28 heavy (non-hydrogen) atoms. The fourth-order valence-corrected chi connectivity index (χ4v) is 3.45. The summed E-state index contributed by atoms with van der Waals surface area (Å²) in [5.41, 5.74) is 1.91. The smallest absolute Gasteiger partial charge is 0.269 e. The van der Waals surface area contributed by atoms with Gasteiger partial charge in [-0.25, -0.2) is 0 Å². The van der Waals surface area contributed by atoms with Crippen LogP contribution in [0.25, 0.3) is 0 Å². The van der Waals surface area contributed by atoms with E-state index in [4.69, 9.17) is 9.47 Å². The first kappa shape index (κ1) is 18.0. The lowest BCUT2D eigenvalue weighted by Gasteiger charge is -2.14. The molecular weight excluding hydrogens is 382 g/mol. The summed E-state index contributed by atoms with van der Waals surface area (Å²) >= 11 is 1.55. The Morgan fingerprint density at radius 3 is 2.50 bits per heavy atom. The lowest BCUT2D eigenvalue weighted by Crippen LogP contribution is -2.15. The van der Waals surface area contributed by atoms with Gasteiger partial charge in [0.1, 0.15) is 18.1 Å². The van der Waals surface area contributed by atoms with Crippen molar-refractivity contribution < 1.29 is 14.4 Å². The normalized spacial score (nSPS) is 12.8. The standard InChI is InChI=1S/C18H15N5O4S/c1-26-14-6-2-12(3-7-14)16-11-28-18-20-19-17(22(18)21-16)10-27-15-8-4-13(5-9-15)23(24)25/h2-9H,10-11H2,1H3. The van der Waals surface area contributed by atoms with Gasteiger partial charge in [-0.1, -0.05) is 11.8 Å². The van der Waals surface area contributed by atoms with Crippen LogP contribution in [0.2, 0.25) is 0 Å². The number of hydrogen-bond donors (Lipinski definition) is 0. The summed E-state index contributed by atoms with van der Waals surface area (Å²) in [5.74, 6) is 2.53. The Morgan fingerprint density at radius 1 is 1.11 bits per heavy atom. The Bertz CT molecular complexity index is 1030. The van der Waals surface area contributed by atoms with Crippen molar-refractivity contribution in [1.82, 2.24) is 14.9 Å². The number of non-ortho nitro benzene ring substituents is 1. The summed E-state index contributed by atoms with van der Waals surface area (Å²) in [6.45, 7) is 0.144. The minimum absolute atomic E-state index is 0.0114. The summed E-state index contributed by atoms with van der Waals surface area (Å²) in [5, 5.41) is 24.4. The molecule has 0 N–H and O–H groups in total. The summed E-state index contributed by atoms with van der Waals surface area (Å²) in [4.78, 5) is 10.3. The molecule has 0 fully saturated rings. The third kappa shape index (κ3) is 3.67. The maximum Gasteiger partial charge on any atom is 0.269 e. The second-order valence-electron chi connectivity index (χ2n) is 5.81. The highest BCUT2D eigenvalue weighted by molar-refractivity contribution is 7.99. The van der Waals surface area contributed by atoms with E-state index in [0.717, 1.165) is 17.0 Å². The zero-order valence-corrected chi connectivity index (χ0v) is 15.6. The Labute approximate surface area is 164 Å². The predicted molar refractivity (Wildman–Crippen MR) is 103 cm³/mol. The van der Waals surface area contributed by atoms with Gasteiger partial charge in [0.15, 0.2) is 5.82 Å².